The molecule has 9 heavy (non-hydrogen) atoms. The van der Waals surface area contributed by atoms with Gasteiger partial charge in [0.25, 0.3) is 0 Å². The van der Waals surface area contributed by atoms with Crippen molar-refractivity contribution in [2.75, 3.05) is 0 Å². The molecule has 0 heteroatoms. The molecule has 0 aliphatic heterocycles. The summed E-state index contributed by atoms with van der Waals surface area (Å²) in [5, 5.41) is 0. The van der Waals surface area contributed by atoms with Crippen molar-refractivity contribution < 1.29 is 0 Å². The summed E-state index contributed by atoms with van der Waals surface area (Å²) < 4.78 is 0. The normalized spacial score (nSPS) is 56.7. The molecule has 0 spiro atoms. The minimum atomic E-state index is 1.03. The summed E-state index contributed by atoms with van der Waals surface area (Å²) in [5.41, 5.74) is 0. The minimum Gasteiger partial charge on any atom is -0.0622 e. The fourth-order valence-electron chi connectivity index (χ4n) is 2.61. The number of fused-ring (bicyclic) bond motifs is 2. The zero-order chi connectivity index (χ0) is 6.43. The second-order valence-electron chi connectivity index (χ2n) is 4.17. The summed E-state index contributed by atoms with van der Waals surface area (Å²) in [6.07, 6.45) is 4.65. The van der Waals surface area contributed by atoms with Crippen molar-refractivity contribution in [2.24, 2.45) is 23.7 Å². The van der Waals surface area contributed by atoms with Crippen LogP contribution in [0.3, 0.4) is 0 Å². The summed E-state index contributed by atoms with van der Waals surface area (Å²) in [5.74, 6) is 4.33. The van der Waals surface area contributed by atoms with E-state index < -0.39 is 0 Å². The van der Waals surface area contributed by atoms with Crippen LogP contribution < -0.4 is 0 Å². The van der Waals surface area contributed by atoms with Gasteiger partial charge in [-0.1, -0.05) is 13.8 Å². The van der Waals surface area contributed by atoms with Crippen LogP contribution in [0.2, 0.25) is 0 Å². The van der Waals surface area contributed by atoms with Gasteiger partial charge < -0.3 is 0 Å². The maximum Gasteiger partial charge on any atom is -0.0381 e. The average molecular weight is 124 g/mol. The summed E-state index contributed by atoms with van der Waals surface area (Å²) >= 11 is 0. The summed E-state index contributed by atoms with van der Waals surface area (Å²) in [7, 11) is 0. The van der Waals surface area contributed by atoms with Crippen LogP contribution in [-0.4, -0.2) is 0 Å². The molecule has 3 aliphatic rings. The molecule has 0 amide bonds. The first-order chi connectivity index (χ1) is 4.27. The van der Waals surface area contributed by atoms with E-state index in [9.17, 15) is 0 Å². The monoisotopic (exact) mass is 124 g/mol. The second-order valence-corrected chi connectivity index (χ2v) is 4.17. The van der Waals surface area contributed by atoms with Crippen LogP contribution in [0.15, 0.2) is 0 Å². The van der Waals surface area contributed by atoms with Gasteiger partial charge in [-0.3, -0.25) is 0 Å². The Labute approximate surface area is 57.6 Å². The van der Waals surface area contributed by atoms with Gasteiger partial charge in [-0.25, -0.2) is 0 Å². The maximum absolute atomic E-state index is 2.44. The first-order valence-electron chi connectivity index (χ1n) is 4.27. The van der Waals surface area contributed by atoms with Gasteiger partial charge in [0.05, 0.1) is 0 Å². The van der Waals surface area contributed by atoms with E-state index in [-0.39, 0.29) is 0 Å². The van der Waals surface area contributed by atoms with Crippen molar-refractivity contribution in [3.8, 4) is 0 Å². The van der Waals surface area contributed by atoms with Gasteiger partial charge in [0.2, 0.25) is 0 Å². The van der Waals surface area contributed by atoms with Gasteiger partial charge in [-0.05, 0) is 42.9 Å². The molecule has 3 aliphatic carbocycles. The molecule has 2 bridgehead atoms. The van der Waals surface area contributed by atoms with E-state index in [2.05, 4.69) is 13.8 Å². The van der Waals surface area contributed by atoms with E-state index in [1.54, 1.807) is 12.8 Å². The lowest BCUT2D eigenvalue weighted by Gasteiger charge is -2.49. The van der Waals surface area contributed by atoms with E-state index in [0.717, 1.165) is 23.7 Å². The summed E-state index contributed by atoms with van der Waals surface area (Å²) in [6, 6.07) is 0. The molecular formula is C9H16. The lowest BCUT2D eigenvalue weighted by molar-refractivity contribution is 0.0154. The molecule has 0 saturated heterocycles. The Balaban J connectivity index is 2.04. The third-order valence-electron chi connectivity index (χ3n) is 3.62. The quantitative estimate of drug-likeness (QED) is 0.465. The van der Waals surface area contributed by atoms with Gasteiger partial charge in [-0.15, -0.1) is 0 Å². The van der Waals surface area contributed by atoms with E-state index in [4.69, 9.17) is 0 Å². The zero-order valence-corrected chi connectivity index (χ0v) is 6.43. The second kappa shape index (κ2) is 1.74. The van der Waals surface area contributed by atoms with Crippen LogP contribution in [0, 0.1) is 23.7 Å². The summed E-state index contributed by atoms with van der Waals surface area (Å²) in [4.78, 5) is 0. The molecular weight excluding hydrogens is 108 g/mol. The van der Waals surface area contributed by atoms with Gasteiger partial charge in [0, 0.05) is 0 Å². The Hall–Kier alpha value is 0. The fourth-order valence-corrected chi connectivity index (χ4v) is 2.61. The van der Waals surface area contributed by atoms with Gasteiger partial charge in [0.1, 0.15) is 0 Å². The highest BCUT2D eigenvalue weighted by atomic mass is 14.5. The van der Waals surface area contributed by atoms with E-state index in [1.807, 2.05) is 0 Å². The molecule has 0 unspecified atom stereocenters. The molecule has 0 aromatic carbocycles. The molecule has 3 saturated carbocycles. The highest BCUT2D eigenvalue weighted by molar-refractivity contribution is 4.91. The summed E-state index contributed by atoms with van der Waals surface area (Å²) in [6.45, 7) is 4.85. The van der Waals surface area contributed by atoms with Crippen molar-refractivity contribution in [2.45, 2.75) is 33.1 Å². The third-order valence-corrected chi connectivity index (χ3v) is 3.62. The molecule has 0 aromatic heterocycles. The van der Waals surface area contributed by atoms with Crippen molar-refractivity contribution in [3.05, 3.63) is 0 Å². The Morgan fingerprint density at radius 2 is 1.67 bits per heavy atom. The minimum absolute atomic E-state index is 1.03. The van der Waals surface area contributed by atoms with Crippen LogP contribution in [-0.2, 0) is 0 Å². The molecule has 0 radical (unpaired) electrons. The number of hydrogen-bond donors (Lipinski definition) is 0. The Bertz CT molecular complexity index is 109. The van der Waals surface area contributed by atoms with E-state index in [1.165, 1.54) is 6.42 Å². The lowest BCUT2D eigenvalue weighted by atomic mass is 9.57. The van der Waals surface area contributed by atoms with Crippen LogP contribution in [0.4, 0.5) is 0 Å². The molecule has 3 fully saturated rings. The fraction of sp³-hybridized carbons (Fsp3) is 1.00. The molecule has 2 atom stereocenters. The van der Waals surface area contributed by atoms with E-state index in [0.29, 0.717) is 0 Å². The van der Waals surface area contributed by atoms with Gasteiger partial charge in [-0.2, -0.15) is 0 Å². The Morgan fingerprint density at radius 1 is 1.00 bits per heavy atom. The van der Waals surface area contributed by atoms with Crippen molar-refractivity contribution in [3.63, 3.8) is 0 Å². The smallest absolute Gasteiger partial charge is 0.0381 e. The average Bonchev–Trinajstić information content (AvgIpc) is 1.72. The Morgan fingerprint density at radius 3 is 2.00 bits per heavy atom. The van der Waals surface area contributed by atoms with Crippen LogP contribution in [0.25, 0.3) is 0 Å². The molecule has 3 rings (SSSR count). The van der Waals surface area contributed by atoms with Crippen LogP contribution >= 0.6 is 0 Å². The van der Waals surface area contributed by atoms with E-state index >= 15 is 0 Å². The van der Waals surface area contributed by atoms with Gasteiger partial charge >= 0.3 is 0 Å². The highest BCUT2D eigenvalue weighted by Gasteiger charge is 2.41. The largest absolute Gasteiger partial charge is 0.0622 e. The maximum atomic E-state index is 2.44. The highest BCUT2D eigenvalue weighted by Crippen LogP contribution is 2.51. The molecule has 0 N–H and O–H groups in total. The standard InChI is InChI=1S/C9H16/c1-6-3-8-4-9(5-8)7(6)2/h6-9H,3-5H2,1-2H3/t6-,7+,8?,9?/m1/s1. The van der Waals surface area contributed by atoms with Crippen molar-refractivity contribution in [1.82, 2.24) is 0 Å². The lowest BCUT2D eigenvalue weighted by Crippen LogP contribution is -2.39. The topological polar surface area (TPSA) is 0 Å². The Kier molecular flexibility index (Phi) is 1.12. The molecule has 0 aromatic rings. The molecule has 0 heterocycles. The number of hydrogen-bond acceptors (Lipinski definition) is 0. The predicted octanol–water partition coefficient (Wildman–Crippen LogP) is 2.69. The SMILES string of the molecule is C[C@@H]1CC2CC(C2)[C@H]1C. The molecule has 0 nitrogen and oxygen atoms in total. The van der Waals surface area contributed by atoms with Crippen LogP contribution in [0.1, 0.15) is 33.1 Å². The number of rotatable bonds is 0. The van der Waals surface area contributed by atoms with Crippen molar-refractivity contribution in [1.29, 1.82) is 0 Å². The third kappa shape index (κ3) is 0.720. The first kappa shape index (κ1) is 5.76. The molecule has 52 valence electrons. The first-order valence-corrected chi connectivity index (χ1v) is 4.27. The predicted molar refractivity (Wildman–Crippen MR) is 39.2 cm³/mol. The van der Waals surface area contributed by atoms with Crippen LogP contribution in [0.5, 0.6) is 0 Å². The van der Waals surface area contributed by atoms with Crippen molar-refractivity contribution >= 4 is 0 Å². The zero-order valence-electron chi connectivity index (χ0n) is 6.43. The van der Waals surface area contributed by atoms with Gasteiger partial charge in [0.15, 0.2) is 0 Å².